The van der Waals surface area contributed by atoms with Gasteiger partial charge in [-0.15, -0.1) is 0 Å². The van der Waals surface area contributed by atoms with E-state index in [0.29, 0.717) is 17.6 Å². The van der Waals surface area contributed by atoms with Crippen LogP contribution in [0.5, 0.6) is 0 Å². The molecule has 0 aliphatic carbocycles. The second-order valence-electron chi connectivity index (χ2n) is 5.18. The summed E-state index contributed by atoms with van der Waals surface area (Å²) in [5.41, 5.74) is 1.23. The van der Waals surface area contributed by atoms with Gasteiger partial charge in [-0.3, -0.25) is 5.01 Å². The van der Waals surface area contributed by atoms with Gasteiger partial charge in [-0.25, -0.2) is 4.79 Å². The minimum atomic E-state index is -0.901. The molecule has 1 aromatic rings. The number of rotatable bonds is 3. The van der Waals surface area contributed by atoms with E-state index in [0.717, 1.165) is 5.56 Å². The van der Waals surface area contributed by atoms with Crippen LogP contribution in [0.15, 0.2) is 29.4 Å². The minimum Gasteiger partial charge on any atom is -0.478 e. The summed E-state index contributed by atoms with van der Waals surface area (Å²) in [4.78, 5) is 10.8. The Morgan fingerprint density at radius 3 is 2.37 bits per heavy atom. The number of hydrazone groups is 1. The molecule has 0 spiro atoms. The maximum atomic E-state index is 10.8. The lowest BCUT2D eigenvalue weighted by molar-refractivity contribution is 0.0697. The Labute approximate surface area is 113 Å². The highest BCUT2D eigenvalue weighted by atomic mass is 16.4. The van der Waals surface area contributed by atoms with E-state index in [2.05, 4.69) is 24.0 Å². The van der Waals surface area contributed by atoms with Crippen molar-refractivity contribution < 1.29 is 9.90 Å². The highest BCUT2D eigenvalue weighted by Crippen LogP contribution is 2.22. The lowest BCUT2D eigenvalue weighted by atomic mass is 10.00. The van der Waals surface area contributed by atoms with Gasteiger partial charge in [-0.1, -0.05) is 12.1 Å². The van der Waals surface area contributed by atoms with Crippen molar-refractivity contribution in [2.24, 2.45) is 5.10 Å². The molecule has 102 valence electrons. The molecule has 1 aliphatic heterocycles. The van der Waals surface area contributed by atoms with E-state index < -0.39 is 5.97 Å². The standard InChI is InChI=1S/C15H20N2O2/c1-11-4-3-5-12(2)17(11)16-10-13-6-8-14(9-7-13)15(18)19/h6-12H,3-5H2,1-2H3,(H,18,19)/b16-10-/t11-,12+. The number of carboxylic acid groups (broad SMARTS) is 1. The zero-order valence-electron chi connectivity index (χ0n) is 11.4. The van der Waals surface area contributed by atoms with Crippen LogP contribution in [0.1, 0.15) is 49.0 Å². The fourth-order valence-corrected chi connectivity index (χ4v) is 2.48. The van der Waals surface area contributed by atoms with Crippen molar-refractivity contribution in [3.8, 4) is 0 Å². The molecule has 2 rings (SSSR count). The Balaban J connectivity index is 2.07. The molecule has 0 bridgehead atoms. The second-order valence-corrected chi connectivity index (χ2v) is 5.18. The van der Waals surface area contributed by atoms with Gasteiger partial charge in [0.1, 0.15) is 0 Å². The molecule has 1 saturated heterocycles. The van der Waals surface area contributed by atoms with Crippen LogP contribution in [0.4, 0.5) is 0 Å². The van der Waals surface area contributed by atoms with E-state index >= 15 is 0 Å². The Morgan fingerprint density at radius 2 is 1.84 bits per heavy atom. The molecule has 0 aromatic heterocycles. The van der Waals surface area contributed by atoms with Gasteiger partial charge in [-0.2, -0.15) is 5.10 Å². The fraction of sp³-hybridized carbons (Fsp3) is 0.467. The molecular formula is C15H20N2O2. The quantitative estimate of drug-likeness (QED) is 0.850. The van der Waals surface area contributed by atoms with Crippen molar-refractivity contribution in [3.05, 3.63) is 35.4 Å². The molecule has 1 aliphatic rings. The molecule has 4 nitrogen and oxygen atoms in total. The summed E-state index contributed by atoms with van der Waals surface area (Å²) in [6.07, 6.45) is 5.44. The summed E-state index contributed by atoms with van der Waals surface area (Å²) >= 11 is 0. The van der Waals surface area contributed by atoms with Crippen LogP contribution in [0.25, 0.3) is 0 Å². The molecule has 1 aromatic carbocycles. The van der Waals surface area contributed by atoms with Crippen molar-refractivity contribution in [2.75, 3.05) is 0 Å². The average molecular weight is 260 g/mol. The predicted molar refractivity (Wildman–Crippen MR) is 75.6 cm³/mol. The van der Waals surface area contributed by atoms with Crippen molar-refractivity contribution in [1.29, 1.82) is 0 Å². The monoisotopic (exact) mass is 260 g/mol. The first-order chi connectivity index (χ1) is 9.08. The number of benzene rings is 1. The summed E-state index contributed by atoms with van der Waals surface area (Å²) in [6.45, 7) is 4.39. The largest absolute Gasteiger partial charge is 0.478 e. The topological polar surface area (TPSA) is 52.9 Å². The first-order valence-electron chi connectivity index (χ1n) is 6.73. The summed E-state index contributed by atoms with van der Waals surface area (Å²) in [7, 11) is 0. The third kappa shape index (κ3) is 3.34. The van der Waals surface area contributed by atoms with Crippen LogP contribution in [-0.2, 0) is 0 Å². The molecule has 1 N–H and O–H groups in total. The van der Waals surface area contributed by atoms with E-state index in [1.165, 1.54) is 19.3 Å². The SMILES string of the molecule is C[C@@H]1CCC[C@H](C)N1/N=C\c1ccc(C(=O)O)cc1. The number of nitrogens with zero attached hydrogens (tertiary/aromatic N) is 2. The van der Waals surface area contributed by atoms with Crippen molar-refractivity contribution in [3.63, 3.8) is 0 Å². The first kappa shape index (κ1) is 13.6. The molecule has 1 fully saturated rings. The molecule has 1 heterocycles. The molecule has 0 amide bonds. The van der Waals surface area contributed by atoms with E-state index in [-0.39, 0.29) is 0 Å². The van der Waals surface area contributed by atoms with Gasteiger partial charge in [0.2, 0.25) is 0 Å². The number of hydrogen-bond acceptors (Lipinski definition) is 3. The van der Waals surface area contributed by atoms with Gasteiger partial charge in [0, 0.05) is 12.1 Å². The van der Waals surface area contributed by atoms with Gasteiger partial charge in [-0.05, 0) is 50.8 Å². The van der Waals surface area contributed by atoms with Crippen molar-refractivity contribution in [1.82, 2.24) is 5.01 Å². The van der Waals surface area contributed by atoms with Crippen LogP contribution < -0.4 is 0 Å². The van der Waals surface area contributed by atoms with Crippen LogP contribution in [0.2, 0.25) is 0 Å². The Hall–Kier alpha value is -1.84. The second kappa shape index (κ2) is 5.87. The van der Waals surface area contributed by atoms with E-state index in [1.807, 2.05) is 6.21 Å². The minimum absolute atomic E-state index is 0.303. The Morgan fingerprint density at radius 1 is 1.26 bits per heavy atom. The predicted octanol–water partition coefficient (Wildman–Crippen LogP) is 2.98. The number of piperidine rings is 1. The Bertz CT molecular complexity index is 458. The van der Waals surface area contributed by atoms with Crippen LogP contribution in [0.3, 0.4) is 0 Å². The zero-order valence-corrected chi connectivity index (χ0v) is 11.4. The van der Waals surface area contributed by atoms with Crippen LogP contribution in [0, 0.1) is 0 Å². The molecule has 0 radical (unpaired) electrons. The summed E-state index contributed by atoms with van der Waals surface area (Å²) in [6, 6.07) is 7.72. The first-order valence-corrected chi connectivity index (χ1v) is 6.73. The number of hydrogen-bond donors (Lipinski definition) is 1. The third-order valence-corrected chi connectivity index (χ3v) is 3.64. The fourth-order valence-electron chi connectivity index (χ4n) is 2.48. The molecule has 4 heteroatoms. The van der Waals surface area contributed by atoms with Crippen LogP contribution in [-0.4, -0.2) is 34.4 Å². The van der Waals surface area contributed by atoms with Gasteiger partial charge < -0.3 is 5.11 Å². The smallest absolute Gasteiger partial charge is 0.335 e. The zero-order chi connectivity index (χ0) is 13.8. The normalized spacial score (nSPS) is 23.8. The number of carbonyl (C=O) groups is 1. The van der Waals surface area contributed by atoms with Crippen LogP contribution >= 0.6 is 0 Å². The number of carboxylic acids is 1. The molecule has 0 saturated carbocycles. The van der Waals surface area contributed by atoms with Gasteiger partial charge in [0.15, 0.2) is 0 Å². The summed E-state index contributed by atoms with van der Waals surface area (Å²) < 4.78 is 0. The third-order valence-electron chi connectivity index (χ3n) is 3.64. The Kier molecular flexibility index (Phi) is 4.20. The van der Waals surface area contributed by atoms with Gasteiger partial charge in [0.05, 0.1) is 11.8 Å². The average Bonchev–Trinajstić information content (AvgIpc) is 2.38. The van der Waals surface area contributed by atoms with Gasteiger partial charge in [0.25, 0.3) is 0 Å². The highest BCUT2D eigenvalue weighted by Gasteiger charge is 2.22. The lowest BCUT2D eigenvalue weighted by Crippen LogP contribution is -2.39. The van der Waals surface area contributed by atoms with E-state index in [4.69, 9.17) is 5.11 Å². The highest BCUT2D eigenvalue weighted by molar-refractivity contribution is 5.89. The van der Waals surface area contributed by atoms with E-state index in [9.17, 15) is 4.79 Å². The lowest BCUT2D eigenvalue weighted by Gasteiger charge is -2.36. The molecule has 0 unspecified atom stereocenters. The summed E-state index contributed by atoms with van der Waals surface area (Å²) in [5.74, 6) is -0.901. The van der Waals surface area contributed by atoms with Crippen molar-refractivity contribution in [2.45, 2.75) is 45.2 Å². The number of aromatic carboxylic acids is 1. The summed E-state index contributed by atoms with van der Waals surface area (Å²) in [5, 5.41) is 15.5. The maximum absolute atomic E-state index is 10.8. The molecule has 2 atom stereocenters. The maximum Gasteiger partial charge on any atom is 0.335 e. The molecular weight excluding hydrogens is 240 g/mol. The van der Waals surface area contributed by atoms with Gasteiger partial charge >= 0.3 is 5.97 Å². The van der Waals surface area contributed by atoms with E-state index in [1.54, 1.807) is 24.3 Å². The van der Waals surface area contributed by atoms with Crippen molar-refractivity contribution >= 4 is 12.2 Å². The molecule has 19 heavy (non-hydrogen) atoms.